The van der Waals surface area contributed by atoms with Crippen LogP contribution in [0, 0.1) is 6.92 Å². The zero-order chi connectivity index (χ0) is 11.2. The molecule has 1 spiro atoms. The highest BCUT2D eigenvalue weighted by Gasteiger charge is 2.44. The SMILES string of the molecule is Cc1ccnc2c1NC(=O)C1(CCCC1)N2. The van der Waals surface area contributed by atoms with Crippen LogP contribution in [0.15, 0.2) is 12.3 Å². The van der Waals surface area contributed by atoms with Gasteiger partial charge in [-0.25, -0.2) is 4.98 Å². The van der Waals surface area contributed by atoms with Crippen molar-refractivity contribution in [1.29, 1.82) is 0 Å². The molecular weight excluding hydrogens is 202 g/mol. The van der Waals surface area contributed by atoms with Gasteiger partial charge in [-0.3, -0.25) is 4.79 Å². The molecule has 3 rings (SSSR count). The van der Waals surface area contributed by atoms with Gasteiger partial charge in [0.15, 0.2) is 5.82 Å². The van der Waals surface area contributed by atoms with Gasteiger partial charge in [0.2, 0.25) is 5.91 Å². The predicted molar refractivity (Wildman–Crippen MR) is 62.4 cm³/mol. The fraction of sp³-hybridized carbons (Fsp3) is 0.500. The third-order valence-electron chi connectivity index (χ3n) is 3.65. The average molecular weight is 217 g/mol. The molecule has 0 saturated heterocycles. The van der Waals surface area contributed by atoms with E-state index in [0.717, 1.165) is 42.8 Å². The highest BCUT2D eigenvalue weighted by molar-refractivity contribution is 6.06. The summed E-state index contributed by atoms with van der Waals surface area (Å²) in [7, 11) is 0. The molecule has 2 N–H and O–H groups in total. The lowest BCUT2D eigenvalue weighted by Gasteiger charge is -2.35. The second-order valence-corrected chi connectivity index (χ2v) is 4.72. The molecule has 16 heavy (non-hydrogen) atoms. The van der Waals surface area contributed by atoms with Crippen molar-refractivity contribution in [2.24, 2.45) is 0 Å². The minimum Gasteiger partial charge on any atom is -0.354 e. The summed E-state index contributed by atoms with van der Waals surface area (Å²) >= 11 is 0. The van der Waals surface area contributed by atoms with Crippen LogP contribution in [-0.4, -0.2) is 16.4 Å². The van der Waals surface area contributed by atoms with E-state index in [2.05, 4.69) is 15.6 Å². The first-order chi connectivity index (χ1) is 7.71. The van der Waals surface area contributed by atoms with Crippen LogP contribution in [0.3, 0.4) is 0 Å². The molecule has 84 valence electrons. The van der Waals surface area contributed by atoms with Crippen LogP contribution in [0.1, 0.15) is 31.2 Å². The number of amides is 1. The summed E-state index contributed by atoms with van der Waals surface area (Å²) in [6.45, 7) is 1.98. The fourth-order valence-electron chi connectivity index (χ4n) is 2.66. The van der Waals surface area contributed by atoms with Crippen LogP contribution in [-0.2, 0) is 4.79 Å². The van der Waals surface area contributed by atoms with Crippen LogP contribution in [0.25, 0.3) is 0 Å². The molecule has 2 heterocycles. The third-order valence-corrected chi connectivity index (χ3v) is 3.65. The highest BCUT2D eigenvalue weighted by atomic mass is 16.2. The van der Waals surface area contributed by atoms with Crippen molar-refractivity contribution in [2.75, 3.05) is 10.6 Å². The number of nitrogens with zero attached hydrogens (tertiary/aromatic N) is 1. The molecule has 1 aliphatic carbocycles. The number of carbonyl (C=O) groups excluding carboxylic acids is 1. The summed E-state index contributed by atoms with van der Waals surface area (Å²) in [5.74, 6) is 0.926. The normalized spacial score (nSPS) is 21.4. The Labute approximate surface area is 94.5 Å². The zero-order valence-electron chi connectivity index (χ0n) is 9.34. The predicted octanol–water partition coefficient (Wildman–Crippen LogP) is 2.07. The second-order valence-electron chi connectivity index (χ2n) is 4.72. The van der Waals surface area contributed by atoms with E-state index in [4.69, 9.17) is 0 Å². The average Bonchev–Trinajstić information content (AvgIpc) is 2.71. The highest BCUT2D eigenvalue weighted by Crippen LogP contribution is 2.39. The zero-order valence-corrected chi connectivity index (χ0v) is 9.34. The van der Waals surface area contributed by atoms with Gasteiger partial charge in [-0.2, -0.15) is 0 Å². The summed E-state index contributed by atoms with van der Waals surface area (Å²) in [6, 6.07) is 1.91. The number of nitrogens with one attached hydrogen (secondary N) is 2. The number of fused-ring (bicyclic) bond motifs is 1. The van der Waals surface area contributed by atoms with E-state index in [9.17, 15) is 4.79 Å². The van der Waals surface area contributed by atoms with E-state index < -0.39 is 5.54 Å². The molecule has 1 fully saturated rings. The number of aromatic nitrogens is 1. The number of rotatable bonds is 0. The van der Waals surface area contributed by atoms with Crippen molar-refractivity contribution in [3.05, 3.63) is 17.8 Å². The first-order valence-electron chi connectivity index (χ1n) is 5.77. The Morgan fingerprint density at radius 1 is 1.38 bits per heavy atom. The largest absolute Gasteiger partial charge is 0.354 e. The Hall–Kier alpha value is -1.58. The van der Waals surface area contributed by atoms with E-state index >= 15 is 0 Å². The molecule has 2 aliphatic rings. The summed E-state index contributed by atoms with van der Waals surface area (Å²) in [5, 5.41) is 6.34. The van der Waals surface area contributed by atoms with Gasteiger partial charge in [0.05, 0.1) is 5.69 Å². The van der Waals surface area contributed by atoms with Gasteiger partial charge in [-0.1, -0.05) is 12.8 Å². The van der Waals surface area contributed by atoms with Crippen LogP contribution in [0.4, 0.5) is 11.5 Å². The number of anilines is 2. The summed E-state index contributed by atoms with van der Waals surface area (Å²) in [6.07, 6.45) is 5.83. The monoisotopic (exact) mass is 217 g/mol. The van der Waals surface area contributed by atoms with Crippen molar-refractivity contribution >= 4 is 17.4 Å². The van der Waals surface area contributed by atoms with Gasteiger partial charge in [0, 0.05) is 6.20 Å². The summed E-state index contributed by atoms with van der Waals surface area (Å²) < 4.78 is 0. The van der Waals surface area contributed by atoms with Crippen LogP contribution < -0.4 is 10.6 Å². The maximum atomic E-state index is 12.1. The number of aryl methyl sites for hydroxylation is 1. The van der Waals surface area contributed by atoms with Crippen LogP contribution in [0.5, 0.6) is 0 Å². The maximum absolute atomic E-state index is 12.1. The molecule has 1 aromatic heterocycles. The smallest absolute Gasteiger partial charge is 0.250 e. The van der Waals surface area contributed by atoms with Gasteiger partial charge >= 0.3 is 0 Å². The molecule has 1 aromatic rings. The Morgan fingerprint density at radius 2 is 2.12 bits per heavy atom. The van der Waals surface area contributed by atoms with Gasteiger partial charge in [-0.15, -0.1) is 0 Å². The number of hydrogen-bond donors (Lipinski definition) is 2. The van der Waals surface area contributed by atoms with Crippen molar-refractivity contribution in [3.63, 3.8) is 0 Å². The van der Waals surface area contributed by atoms with E-state index in [1.54, 1.807) is 6.20 Å². The minimum atomic E-state index is -0.395. The molecule has 0 unspecified atom stereocenters. The van der Waals surface area contributed by atoms with E-state index in [0.29, 0.717) is 0 Å². The molecule has 0 bridgehead atoms. The van der Waals surface area contributed by atoms with E-state index in [1.165, 1.54) is 0 Å². The number of carbonyl (C=O) groups is 1. The number of hydrogen-bond acceptors (Lipinski definition) is 3. The van der Waals surface area contributed by atoms with Crippen molar-refractivity contribution in [3.8, 4) is 0 Å². The van der Waals surface area contributed by atoms with Gasteiger partial charge in [0.25, 0.3) is 0 Å². The van der Waals surface area contributed by atoms with Crippen molar-refractivity contribution in [2.45, 2.75) is 38.1 Å². The Balaban J connectivity index is 2.05. The van der Waals surface area contributed by atoms with Gasteiger partial charge in [-0.05, 0) is 31.4 Å². The first-order valence-corrected chi connectivity index (χ1v) is 5.77. The number of pyridine rings is 1. The standard InChI is InChI=1S/C12H15N3O/c1-8-4-7-13-10-9(8)14-11(16)12(15-10)5-2-3-6-12/h4,7H,2-3,5-6H2,1H3,(H,13,15)(H,14,16). The molecule has 1 saturated carbocycles. The Morgan fingerprint density at radius 3 is 2.88 bits per heavy atom. The van der Waals surface area contributed by atoms with E-state index in [-0.39, 0.29) is 5.91 Å². The Bertz CT molecular complexity index is 450. The molecule has 0 aromatic carbocycles. The van der Waals surface area contributed by atoms with Crippen molar-refractivity contribution in [1.82, 2.24) is 4.98 Å². The third kappa shape index (κ3) is 1.22. The maximum Gasteiger partial charge on any atom is 0.250 e. The first kappa shape index (κ1) is 9.63. The quantitative estimate of drug-likeness (QED) is 0.699. The fourth-order valence-corrected chi connectivity index (χ4v) is 2.66. The molecule has 4 heteroatoms. The molecular formula is C12H15N3O. The summed E-state index contributed by atoms with van der Waals surface area (Å²) in [4.78, 5) is 16.4. The summed E-state index contributed by atoms with van der Waals surface area (Å²) in [5.41, 5.74) is 1.50. The molecule has 4 nitrogen and oxygen atoms in total. The lowest BCUT2D eigenvalue weighted by atomic mass is 9.93. The topological polar surface area (TPSA) is 54.0 Å². The van der Waals surface area contributed by atoms with Crippen LogP contribution in [0.2, 0.25) is 0 Å². The Kier molecular flexibility index (Phi) is 1.93. The van der Waals surface area contributed by atoms with Crippen LogP contribution >= 0.6 is 0 Å². The lowest BCUT2D eigenvalue weighted by molar-refractivity contribution is -0.120. The van der Waals surface area contributed by atoms with Gasteiger partial charge in [0.1, 0.15) is 5.54 Å². The second kappa shape index (κ2) is 3.20. The molecule has 0 atom stereocenters. The van der Waals surface area contributed by atoms with Crippen molar-refractivity contribution < 1.29 is 4.79 Å². The van der Waals surface area contributed by atoms with E-state index in [1.807, 2.05) is 13.0 Å². The molecule has 0 radical (unpaired) electrons. The molecule has 1 amide bonds. The van der Waals surface area contributed by atoms with Gasteiger partial charge < -0.3 is 10.6 Å². The minimum absolute atomic E-state index is 0.105. The molecule has 1 aliphatic heterocycles. The lowest BCUT2D eigenvalue weighted by Crippen LogP contribution is -2.50.